The minimum atomic E-state index is -3.10. The second kappa shape index (κ2) is 8.89. The van der Waals surface area contributed by atoms with Gasteiger partial charge in [-0.05, 0) is 42.7 Å². The second-order valence-corrected chi connectivity index (χ2v) is 10.4. The fourth-order valence-corrected chi connectivity index (χ4v) is 5.79. The first-order chi connectivity index (χ1) is 15.7. The van der Waals surface area contributed by atoms with Gasteiger partial charge >= 0.3 is 0 Å². The van der Waals surface area contributed by atoms with Gasteiger partial charge in [0.25, 0.3) is 0 Å². The molecular formula is C22H26N4O6S. The zero-order chi connectivity index (χ0) is 23.8. The van der Waals surface area contributed by atoms with Crippen molar-refractivity contribution in [3.05, 3.63) is 41.2 Å². The van der Waals surface area contributed by atoms with Gasteiger partial charge in [0.2, 0.25) is 11.8 Å². The van der Waals surface area contributed by atoms with Gasteiger partial charge in [-0.15, -0.1) is 0 Å². The van der Waals surface area contributed by atoms with Crippen molar-refractivity contribution in [2.24, 2.45) is 0 Å². The van der Waals surface area contributed by atoms with Crippen LogP contribution in [0.25, 0.3) is 6.08 Å². The molecule has 0 spiro atoms. The molecule has 0 unspecified atom stereocenters. The lowest BCUT2D eigenvalue weighted by molar-refractivity contribution is -0.131. The summed E-state index contributed by atoms with van der Waals surface area (Å²) < 4.78 is 35.9. The summed E-state index contributed by atoms with van der Waals surface area (Å²) in [4.78, 5) is 26.9. The Kier molecular flexibility index (Phi) is 6.15. The van der Waals surface area contributed by atoms with E-state index in [-0.39, 0.29) is 36.4 Å². The molecule has 11 heteroatoms. The quantitative estimate of drug-likeness (QED) is 0.675. The standard InChI is InChI=1S/C22H26N4O6S/c1-14-8-20(26(24-14)17-5-7-33(29,30)13-17)23-21(27)12-25-6-4-15-9-18(31-2)19(32-3)10-16(15)11-22(25)28/h4,6,8-10,17H,5,7,11-13H2,1-3H3,(H,23,27)/t17-/m1/s1. The highest BCUT2D eigenvalue weighted by Gasteiger charge is 2.31. The average Bonchev–Trinajstić information content (AvgIpc) is 3.27. The van der Waals surface area contributed by atoms with Crippen molar-refractivity contribution < 1.29 is 27.5 Å². The van der Waals surface area contributed by atoms with E-state index in [0.717, 1.165) is 11.1 Å². The fraction of sp³-hybridized carbons (Fsp3) is 0.409. The molecule has 1 fully saturated rings. The topological polar surface area (TPSA) is 120 Å². The molecule has 2 aromatic rings. The maximum Gasteiger partial charge on any atom is 0.245 e. The lowest BCUT2D eigenvalue weighted by Crippen LogP contribution is -2.35. The fourth-order valence-electron chi connectivity index (χ4n) is 4.10. The lowest BCUT2D eigenvalue weighted by atomic mass is 10.0. The maximum absolute atomic E-state index is 12.8. The molecule has 4 rings (SSSR count). The zero-order valence-electron chi connectivity index (χ0n) is 18.7. The summed E-state index contributed by atoms with van der Waals surface area (Å²) in [6, 6.07) is 4.92. The Bertz CT molecular complexity index is 1230. The number of amides is 2. The van der Waals surface area contributed by atoms with Gasteiger partial charge in [0.15, 0.2) is 21.3 Å². The first-order valence-corrected chi connectivity index (χ1v) is 12.3. The molecule has 0 radical (unpaired) electrons. The molecule has 0 aliphatic carbocycles. The number of sulfone groups is 1. The molecular weight excluding hydrogens is 448 g/mol. The summed E-state index contributed by atoms with van der Waals surface area (Å²) in [6.07, 6.45) is 3.89. The number of benzene rings is 1. The molecule has 10 nitrogen and oxygen atoms in total. The van der Waals surface area contributed by atoms with Crippen molar-refractivity contribution in [2.75, 3.05) is 37.6 Å². The Morgan fingerprint density at radius 2 is 1.94 bits per heavy atom. The molecule has 1 atom stereocenters. The van der Waals surface area contributed by atoms with E-state index in [1.165, 1.54) is 12.0 Å². The third kappa shape index (κ3) is 4.87. The Balaban J connectivity index is 1.48. The minimum absolute atomic E-state index is 0.00444. The van der Waals surface area contributed by atoms with Gasteiger partial charge in [-0.25, -0.2) is 13.1 Å². The van der Waals surface area contributed by atoms with Crippen LogP contribution in [-0.2, 0) is 25.8 Å². The van der Waals surface area contributed by atoms with E-state index in [2.05, 4.69) is 10.4 Å². The van der Waals surface area contributed by atoms with Crippen LogP contribution >= 0.6 is 0 Å². The zero-order valence-corrected chi connectivity index (χ0v) is 19.5. The lowest BCUT2D eigenvalue weighted by Gasteiger charge is -2.18. The first kappa shape index (κ1) is 22.8. The number of carbonyl (C=O) groups excluding carboxylic acids is 2. The molecule has 176 valence electrons. The number of aromatic nitrogens is 2. The van der Waals surface area contributed by atoms with Gasteiger partial charge in [0, 0.05) is 12.3 Å². The summed E-state index contributed by atoms with van der Waals surface area (Å²) in [5.41, 5.74) is 2.24. The van der Waals surface area contributed by atoms with Gasteiger partial charge in [0.05, 0.1) is 43.9 Å². The summed E-state index contributed by atoms with van der Waals surface area (Å²) >= 11 is 0. The number of nitrogens with one attached hydrogen (secondary N) is 1. The molecule has 2 aliphatic rings. The average molecular weight is 475 g/mol. The van der Waals surface area contributed by atoms with Crippen LogP contribution in [0.15, 0.2) is 24.4 Å². The summed E-state index contributed by atoms with van der Waals surface area (Å²) in [6.45, 7) is 1.58. The minimum Gasteiger partial charge on any atom is -0.493 e. The molecule has 0 bridgehead atoms. The van der Waals surface area contributed by atoms with Crippen LogP contribution in [0.5, 0.6) is 11.5 Å². The highest BCUT2D eigenvalue weighted by Crippen LogP contribution is 2.33. The number of nitrogens with zero attached hydrogens (tertiary/aromatic N) is 3. The smallest absolute Gasteiger partial charge is 0.245 e. The Morgan fingerprint density at radius 1 is 1.21 bits per heavy atom. The summed E-state index contributed by atoms with van der Waals surface area (Å²) in [7, 11) is -0.0314. The maximum atomic E-state index is 12.8. The van der Waals surface area contributed by atoms with Crippen LogP contribution in [0.2, 0.25) is 0 Å². The van der Waals surface area contributed by atoms with Gasteiger partial charge < -0.3 is 19.7 Å². The number of carbonyl (C=O) groups is 2. The molecule has 1 saturated heterocycles. The van der Waals surface area contributed by atoms with Crippen molar-refractivity contribution in [1.29, 1.82) is 0 Å². The van der Waals surface area contributed by atoms with E-state index >= 15 is 0 Å². The van der Waals surface area contributed by atoms with E-state index in [1.54, 1.807) is 49.2 Å². The number of aryl methyl sites for hydroxylation is 1. The van der Waals surface area contributed by atoms with Crippen molar-refractivity contribution in [3.63, 3.8) is 0 Å². The number of hydrogen-bond donors (Lipinski definition) is 1. The molecule has 3 heterocycles. The highest BCUT2D eigenvalue weighted by molar-refractivity contribution is 7.91. The van der Waals surface area contributed by atoms with Gasteiger partial charge in [-0.3, -0.25) is 9.59 Å². The Morgan fingerprint density at radius 3 is 2.61 bits per heavy atom. The van der Waals surface area contributed by atoms with E-state index in [9.17, 15) is 18.0 Å². The number of fused-ring (bicyclic) bond motifs is 1. The number of ether oxygens (including phenoxy) is 2. The number of hydrogen-bond acceptors (Lipinski definition) is 7. The van der Waals surface area contributed by atoms with E-state index in [0.29, 0.717) is 29.4 Å². The molecule has 0 saturated carbocycles. The van der Waals surface area contributed by atoms with Gasteiger partial charge in [-0.1, -0.05) is 0 Å². The van der Waals surface area contributed by atoms with E-state index < -0.39 is 15.7 Å². The third-order valence-electron chi connectivity index (χ3n) is 5.74. The molecule has 1 N–H and O–H groups in total. The van der Waals surface area contributed by atoms with Crippen molar-refractivity contribution in [3.8, 4) is 11.5 Å². The number of anilines is 1. The van der Waals surface area contributed by atoms with Crippen LogP contribution in [0.3, 0.4) is 0 Å². The predicted octanol–water partition coefficient (Wildman–Crippen LogP) is 1.56. The van der Waals surface area contributed by atoms with Crippen LogP contribution in [0.4, 0.5) is 5.82 Å². The third-order valence-corrected chi connectivity index (χ3v) is 7.49. The van der Waals surface area contributed by atoms with Crippen LogP contribution in [0.1, 0.15) is 29.3 Å². The molecule has 2 aliphatic heterocycles. The van der Waals surface area contributed by atoms with Crippen LogP contribution in [0, 0.1) is 6.92 Å². The summed E-state index contributed by atoms with van der Waals surface area (Å²) in [5, 5.41) is 7.15. The molecule has 2 amide bonds. The first-order valence-electron chi connectivity index (χ1n) is 10.5. The van der Waals surface area contributed by atoms with Crippen LogP contribution < -0.4 is 14.8 Å². The largest absolute Gasteiger partial charge is 0.493 e. The molecule has 1 aromatic heterocycles. The van der Waals surface area contributed by atoms with Gasteiger partial charge in [0.1, 0.15) is 12.4 Å². The SMILES string of the molecule is COc1cc2c(cc1OC)CC(=O)N(CC(=O)Nc1cc(C)nn1[C@@H]1CCS(=O)(=O)C1)C=C2. The predicted molar refractivity (Wildman–Crippen MR) is 122 cm³/mol. The molecule has 33 heavy (non-hydrogen) atoms. The van der Waals surface area contributed by atoms with Crippen molar-refractivity contribution in [1.82, 2.24) is 14.7 Å². The highest BCUT2D eigenvalue weighted by atomic mass is 32.2. The van der Waals surface area contributed by atoms with E-state index in [1.807, 2.05) is 0 Å². The van der Waals surface area contributed by atoms with Crippen molar-refractivity contribution >= 4 is 33.5 Å². The second-order valence-electron chi connectivity index (χ2n) is 8.14. The Hall–Kier alpha value is -3.34. The van der Waals surface area contributed by atoms with Gasteiger partial charge in [-0.2, -0.15) is 5.10 Å². The Labute approximate surface area is 192 Å². The normalized spacial score (nSPS) is 19.2. The van der Waals surface area contributed by atoms with Crippen molar-refractivity contribution in [2.45, 2.75) is 25.8 Å². The number of methoxy groups -OCH3 is 2. The van der Waals surface area contributed by atoms with Crippen LogP contribution in [-0.4, -0.2) is 67.2 Å². The molecule has 1 aromatic carbocycles. The summed E-state index contributed by atoms with van der Waals surface area (Å²) in [5.74, 6) is 0.958. The van der Waals surface area contributed by atoms with E-state index in [4.69, 9.17) is 9.47 Å². The number of rotatable bonds is 6. The monoisotopic (exact) mass is 474 g/mol.